The Morgan fingerprint density at radius 3 is 2.36 bits per heavy atom. The van der Waals surface area contributed by atoms with Crippen LogP contribution in [-0.2, 0) is 22.1 Å². The molecule has 3 rings (SSSR count). The van der Waals surface area contributed by atoms with E-state index in [2.05, 4.69) is 4.98 Å². The highest BCUT2D eigenvalue weighted by Crippen LogP contribution is 2.24. The molecule has 0 saturated heterocycles. The molecule has 0 atom stereocenters. The number of oxazole rings is 1. The van der Waals surface area contributed by atoms with Crippen LogP contribution in [0.15, 0.2) is 63.9 Å². The third-order valence-corrected chi connectivity index (χ3v) is 4.97. The molecule has 1 heterocycles. The van der Waals surface area contributed by atoms with E-state index < -0.39 is 9.05 Å². The van der Waals surface area contributed by atoms with Crippen LogP contribution in [0, 0.1) is 0 Å². The number of benzene rings is 2. The molecule has 0 saturated carbocycles. The fraction of sp³-hybridized carbons (Fsp3) is 0.167. The van der Waals surface area contributed by atoms with E-state index in [1.165, 1.54) is 12.1 Å². The molecule has 0 amide bonds. The number of aryl methyl sites for hydroxylation is 1. The Hall–Kier alpha value is -2.31. The lowest BCUT2D eigenvalue weighted by molar-refractivity contribution is 0.298. The Labute approximate surface area is 150 Å². The number of hydrogen-bond donors (Lipinski definition) is 0. The number of ether oxygens (including phenoxy) is 1. The zero-order valence-corrected chi connectivity index (χ0v) is 15.0. The summed E-state index contributed by atoms with van der Waals surface area (Å²) in [5, 5.41) is 0. The second-order valence-electron chi connectivity index (χ2n) is 5.31. The van der Waals surface area contributed by atoms with Gasteiger partial charge in [0, 0.05) is 22.7 Å². The van der Waals surface area contributed by atoms with Crippen molar-refractivity contribution in [1.29, 1.82) is 0 Å². The van der Waals surface area contributed by atoms with Gasteiger partial charge in [-0.3, -0.25) is 0 Å². The molecule has 5 nitrogen and oxygen atoms in total. The highest BCUT2D eigenvalue weighted by Gasteiger charge is 2.14. The summed E-state index contributed by atoms with van der Waals surface area (Å²) >= 11 is 0. The van der Waals surface area contributed by atoms with Crippen LogP contribution in [0.1, 0.15) is 18.4 Å². The van der Waals surface area contributed by atoms with Gasteiger partial charge in [-0.25, -0.2) is 13.4 Å². The standard InChI is InChI=1S/C18H16ClNO4S/c1-2-17-16(20-18(24-17)13-6-4-3-5-7-13)12-23-14-8-10-15(11-9-14)25(19,21)22/h3-11H,2,12H2,1H3. The quantitative estimate of drug-likeness (QED) is 0.595. The van der Waals surface area contributed by atoms with Crippen molar-refractivity contribution < 1.29 is 17.6 Å². The molecule has 25 heavy (non-hydrogen) atoms. The van der Waals surface area contributed by atoms with E-state index >= 15 is 0 Å². The lowest BCUT2D eigenvalue weighted by Gasteiger charge is -2.05. The van der Waals surface area contributed by atoms with E-state index in [0.29, 0.717) is 18.1 Å². The second kappa shape index (κ2) is 7.29. The van der Waals surface area contributed by atoms with Crippen molar-refractivity contribution in [3.8, 4) is 17.2 Å². The predicted octanol–water partition coefficient (Wildman–Crippen LogP) is 4.41. The summed E-state index contributed by atoms with van der Waals surface area (Å²) in [7, 11) is 1.56. The zero-order valence-electron chi connectivity index (χ0n) is 13.5. The fourth-order valence-corrected chi connectivity index (χ4v) is 3.10. The summed E-state index contributed by atoms with van der Waals surface area (Å²) in [5.41, 5.74) is 1.62. The largest absolute Gasteiger partial charge is 0.487 e. The SMILES string of the molecule is CCc1oc(-c2ccccc2)nc1COc1ccc(S(=O)(=O)Cl)cc1. The maximum atomic E-state index is 11.2. The molecule has 1 aromatic heterocycles. The van der Waals surface area contributed by atoms with Crippen molar-refractivity contribution in [2.45, 2.75) is 24.8 Å². The summed E-state index contributed by atoms with van der Waals surface area (Å²) in [6, 6.07) is 15.6. The molecule has 0 spiro atoms. The Kier molecular flexibility index (Phi) is 5.11. The molecule has 0 aliphatic heterocycles. The molecular weight excluding hydrogens is 362 g/mol. The molecule has 0 fully saturated rings. The van der Waals surface area contributed by atoms with Crippen LogP contribution >= 0.6 is 10.7 Å². The van der Waals surface area contributed by atoms with Gasteiger partial charge in [-0.15, -0.1) is 0 Å². The average Bonchev–Trinajstić information content (AvgIpc) is 3.03. The average molecular weight is 378 g/mol. The minimum Gasteiger partial charge on any atom is -0.487 e. The summed E-state index contributed by atoms with van der Waals surface area (Å²) < 4.78 is 34.0. The molecule has 0 aliphatic carbocycles. The summed E-state index contributed by atoms with van der Waals surface area (Å²) in [4.78, 5) is 4.55. The highest BCUT2D eigenvalue weighted by atomic mass is 35.7. The Morgan fingerprint density at radius 2 is 1.76 bits per heavy atom. The maximum Gasteiger partial charge on any atom is 0.261 e. The number of hydrogen-bond acceptors (Lipinski definition) is 5. The smallest absolute Gasteiger partial charge is 0.261 e. The summed E-state index contributed by atoms with van der Waals surface area (Å²) in [6.07, 6.45) is 0.696. The number of halogens is 1. The molecule has 3 aromatic rings. The van der Waals surface area contributed by atoms with Gasteiger partial charge in [-0.2, -0.15) is 0 Å². The van der Waals surface area contributed by atoms with E-state index in [0.717, 1.165) is 17.0 Å². The molecule has 0 bridgehead atoms. The minimum atomic E-state index is -3.74. The molecule has 7 heteroatoms. The molecule has 2 aromatic carbocycles. The third-order valence-electron chi connectivity index (χ3n) is 3.60. The van der Waals surface area contributed by atoms with E-state index in [1.54, 1.807) is 12.1 Å². The second-order valence-corrected chi connectivity index (χ2v) is 7.87. The van der Waals surface area contributed by atoms with Crippen molar-refractivity contribution in [3.05, 3.63) is 66.1 Å². The van der Waals surface area contributed by atoms with Crippen LogP contribution < -0.4 is 4.74 Å². The summed E-state index contributed by atoms with van der Waals surface area (Å²) in [6.45, 7) is 2.21. The van der Waals surface area contributed by atoms with Crippen molar-refractivity contribution in [2.24, 2.45) is 0 Å². The van der Waals surface area contributed by atoms with Gasteiger partial charge < -0.3 is 9.15 Å². The van der Waals surface area contributed by atoms with Crippen LogP contribution in [0.4, 0.5) is 0 Å². The first-order valence-corrected chi connectivity index (χ1v) is 10.00. The van der Waals surface area contributed by atoms with E-state index in [4.69, 9.17) is 19.8 Å². The first-order valence-electron chi connectivity index (χ1n) is 7.69. The van der Waals surface area contributed by atoms with Crippen molar-refractivity contribution >= 4 is 19.7 Å². The molecule has 130 valence electrons. The van der Waals surface area contributed by atoms with E-state index in [1.807, 2.05) is 37.3 Å². The topological polar surface area (TPSA) is 69.4 Å². The van der Waals surface area contributed by atoms with Gasteiger partial charge in [-0.1, -0.05) is 25.1 Å². The van der Waals surface area contributed by atoms with Crippen molar-refractivity contribution in [2.75, 3.05) is 0 Å². The van der Waals surface area contributed by atoms with Gasteiger partial charge >= 0.3 is 0 Å². The normalized spacial score (nSPS) is 11.4. The van der Waals surface area contributed by atoms with Crippen LogP contribution in [0.2, 0.25) is 0 Å². The third kappa shape index (κ3) is 4.21. The minimum absolute atomic E-state index is 0.0311. The first-order chi connectivity index (χ1) is 12.0. The van der Waals surface area contributed by atoms with Crippen LogP contribution in [0.5, 0.6) is 5.75 Å². The maximum absolute atomic E-state index is 11.2. The molecular formula is C18H16ClNO4S. The predicted molar refractivity (Wildman–Crippen MR) is 95.1 cm³/mol. The highest BCUT2D eigenvalue weighted by molar-refractivity contribution is 8.13. The lowest BCUT2D eigenvalue weighted by atomic mass is 10.2. The van der Waals surface area contributed by atoms with Crippen LogP contribution in [0.3, 0.4) is 0 Å². The number of nitrogens with zero attached hydrogens (tertiary/aromatic N) is 1. The van der Waals surface area contributed by atoms with Crippen LogP contribution in [-0.4, -0.2) is 13.4 Å². The van der Waals surface area contributed by atoms with E-state index in [-0.39, 0.29) is 11.5 Å². The van der Waals surface area contributed by atoms with Crippen molar-refractivity contribution in [3.63, 3.8) is 0 Å². The fourth-order valence-electron chi connectivity index (χ4n) is 2.33. The van der Waals surface area contributed by atoms with Crippen LogP contribution in [0.25, 0.3) is 11.5 Å². The van der Waals surface area contributed by atoms with Gasteiger partial charge in [0.2, 0.25) is 5.89 Å². The van der Waals surface area contributed by atoms with E-state index in [9.17, 15) is 8.42 Å². The Bertz CT molecular complexity index is 951. The lowest BCUT2D eigenvalue weighted by Crippen LogP contribution is -1.99. The number of rotatable bonds is 6. The molecule has 0 radical (unpaired) electrons. The molecule has 0 aliphatic rings. The Morgan fingerprint density at radius 1 is 1.08 bits per heavy atom. The summed E-state index contributed by atoms with van der Waals surface area (Å²) in [5.74, 6) is 1.84. The van der Waals surface area contributed by atoms with Gasteiger partial charge in [0.05, 0.1) is 4.90 Å². The van der Waals surface area contributed by atoms with Gasteiger partial charge in [0.25, 0.3) is 9.05 Å². The monoisotopic (exact) mass is 377 g/mol. The zero-order chi connectivity index (χ0) is 17.9. The Balaban J connectivity index is 1.76. The van der Waals surface area contributed by atoms with Crippen molar-refractivity contribution in [1.82, 2.24) is 4.98 Å². The first kappa shape index (κ1) is 17.5. The number of aromatic nitrogens is 1. The van der Waals surface area contributed by atoms with Gasteiger partial charge in [-0.05, 0) is 36.4 Å². The van der Waals surface area contributed by atoms with Gasteiger partial charge in [0.15, 0.2) is 0 Å². The molecule has 0 unspecified atom stereocenters. The molecule has 0 N–H and O–H groups in total. The van der Waals surface area contributed by atoms with Gasteiger partial charge in [0.1, 0.15) is 23.8 Å².